The average Bonchev–Trinajstić information content (AvgIpc) is 2.48. The molecule has 3 nitrogen and oxygen atoms in total. The number of hydrogen-bond donors (Lipinski definition) is 1. The molecule has 0 aromatic heterocycles. The average molecular weight is 276 g/mol. The zero-order valence-corrected chi connectivity index (χ0v) is 13.1. The van der Waals surface area contributed by atoms with Crippen molar-refractivity contribution < 1.29 is 4.74 Å². The Labute approximate surface area is 123 Å². The summed E-state index contributed by atoms with van der Waals surface area (Å²) in [6.07, 6.45) is 3.91. The summed E-state index contributed by atoms with van der Waals surface area (Å²) < 4.78 is 5.74. The van der Waals surface area contributed by atoms with Gasteiger partial charge in [0.25, 0.3) is 0 Å². The second-order valence-corrected chi connectivity index (χ2v) is 6.15. The Kier molecular flexibility index (Phi) is 5.06. The van der Waals surface area contributed by atoms with Gasteiger partial charge in [0.15, 0.2) is 0 Å². The number of benzene rings is 1. The standard InChI is InChI=1S/C17H28N2O/c1-4-20-15-11-7-6-10-14(15)16(18)17(2,3)19-12-8-5-9-13-19/h6-7,10-11,16H,4-5,8-9,12-13,18H2,1-3H3. The Bertz CT molecular complexity index is 425. The second-order valence-electron chi connectivity index (χ2n) is 6.15. The molecule has 2 rings (SSSR count). The maximum absolute atomic E-state index is 6.61. The fourth-order valence-corrected chi connectivity index (χ4v) is 3.07. The zero-order chi connectivity index (χ0) is 14.6. The molecule has 20 heavy (non-hydrogen) atoms. The summed E-state index contributed by atoms with van der Waals surface area (Å²) in [5.41, 5.74) is 7.68. The van der Waals surface area contributed by atoms with Crippen molar-refractivity contribution >= 4 is 0 Å². The first-order valence-corrected chi connectivity index (χ1v) is 7.79. The maximum Gasteiger partial charge on any atom is 0.124 e. The van der Waals surface area contributed by atoms with E-state index in [4.69, 9.17) is 10.5 Å². The largest absolute Gasteiger partial charge is 0.494 e. The first-order valence-electron chi connectivity index (χ1n) is 7.79. The second kappa shape index (κ2) is 6.59. The summed E-state index contributed by atoms with van der Waals surface area (Å²) in [5.74, 6) is 0.924. The Hall–Kier alpha value is -1.06. The number of nitrogens with two attached hydrogens (primary N) is 1. The number of piperidine rings is 1. The highest BCUT2D eigenvalue weighted by atomic mass is 16.5. The summed E-state index contributed by atoms with van der Waals surface area (Å²) in [6.45, 7) is 9.50. The minimum atomic E-state index is -0.0480. The van der Waals surface area contributed by atoms with E-state index in [1.54, 1.807) is 0 Å². The van der Waals surface area contributed by atoms with E-state index in [0.717, 1.165) is 24.4 Å². The van der Waals surface area contributed by atoms with E-state index in [-0.39, 0.29) is 11.6 Å². The van der Waals surface area contributed by atoms with Crippen LogP contribution in [0, 0.1) is 0 Å². The van der Waals surface area contributed by atoms with Gasteiger partial charge in [0.1, 0.15) is 5.75 Å². The smallest absolute Gasteiger partial charge is 0.124 e. The minimum Gasteiger partial charge on any atom is -0.494 e. The molecule has 1 heterocycles. The summed E-state index contributed by atoms with van der Waals surface area (Å²) in [6, 6.07) is 8.13. The van der Waals surface area contributed by atoms with Gasteiger partial charge in [-0.15, -0.1) is 0 Å². The Morgan fingerprint density at radius 3 is 2.50 bits per heavy atom. The van der Waals surface area contributed by atoms with Gasteiger partial charge in [0, 0.05) is 11.1 Å². The molecule has 2 N–H and O–H groups in total. The van der Waals surface area contributed by atoms with Crippen LogP contribution in [0.3, 0.4) is 0 Å². The van der Waals surface area contributed by atoms with Crippen LogP contribution in [0.2, 0.25) is 0 Å². The predicted octanol–water partition coefficient (Wildman–Crippen LogP) is 3.35. The van der Waals surface area contributed by atoms with Crippen molar-refractivity contribution in [3.63, 3.8) is 0 Å². The predicted molar refractivity (Wildman–Crippen MR) is 84.0 cm³/mol. The van der Waals surface area contributed by atoms with Crippen molar-refractivity contribution in [3.05, 3.63) is 29.8 Å². The van der Waals surface area contributed by atoms with Gasteiger partial charge in [-0.1, -0.05) is 24.6 Å². The van der Waals surface area contributed by atoms with Gasteiger partial charge in [0.2, 0.25) is 0 Å². The van der Waals surface area contributed by atoms with E-state index in [1.807, 2.05) is 25.1 Å². The molecular formula is C17H28N2O. The molecule has 1 aliphatic rings. The van der Waals surface area contributed by atoms with Gasteiger partial charge in [0.05, 0.1) is 12.6 Å². The van der Waals surface area contributed by atoms with E-state index < -0.39 is 0 Å². The SMILES string of the molecule is CCOc1ccccc1C(N)C(C)(C)N1CCCCC1. The van der Waals surface area contributed by atoms with Crippen LogP contribution in [0.15, 0.2) is 24.3 Å². The lowest BCUT2D eigenvalue weighted by atomic mass is 9.86. The van der Waals surface area contributed by atoms with E-state index in [9.17, 15) is 0 Å². The molecule has 0 spiro atoms. The first-order chi connectivity index (χ1) is 9.57. The van der Waals surface area contributed by atoms with Crippen LogP contribution in [-0.2, 0) is 0 Å². The van der Waals surface area contributed by atoms with Gasteiger partial charge >= 0.3 is 0 Å². The highest BCUT2D eigenvalue weighted by Gasteiger charge is 2.35. The molecule has 1 unspecified atom stereocenters. The lowest BCUT2D eigenvalue weighted by Gasteiger charge is -2.45. The molecule has 1 aromatic carbocycles. The quantitative estimate of drug-likeness (QED) is 0.896. The van der Waals surface area contributed by atoms with Crippen molar-refractivity contribution in [2.45, 2.75) is 51.6 Å². The zero-order valence-electron chi connectivity index (χ0n) is 13.1. The van der Waals surface area contributed by atoms with Crippen LogP contribution >= 0.6 is 0 Å². The van der Waals surface area contributed by atoms with E-state index in [0.29, 0.717) is 6.61 Å². The molecule has 112 valence electrons. The molecule has 1 aromatic rings. The monoisotopic (exact) mass is 276 g/mol. The third-order valence-corrected chi connectivity index (χ3v) is 4.49. The normalized spacial score (nSPS) is 18.8. The first kappa shape index (κ1) is 15.3. The summed E-state index contributed by atoms with van der Waals surface area (Å²) in [4.78, 5) is 2.53. The van der Waals surface area contributed by atoms with Crippen LogP contribution in [-0.4, -0.2) is 30.1 Å². The molecule has 1 atom stereocenters. The Balaban J connectivity index is 2.22. The number of ether oxygens (including phenoxy) is 1. The number of rotatable bonds is 5. The topological polar surface area (TPSA) is 38.5 Å². The van der Waals surface area contributed by atoms with E-state index >= 15 is 0 Å². The molecule has 1 fully saturated rings. The lowest BCUT2D eigenvalue weighted by Crippen LogP contribution is -2.53. The lowest BCUT2D eigenvalue weighted by molar-refractivity contribution is 0.0720. The Morgan fingerprint density at radius 1 is 1.20 bits per heavy atom. The molecule has 0 aliphatic carbocycles. The fourth-order valence-electron chi connectivity index (χ4n) is 3.07. The highest BCUT2D eigenvalue weighted by molar-refractivity contribution is 5.37. The molecule has 0 bridgehead atoms. The molecule has 1 aliphatic heterocycles. The molecular weight excluding hydrogens is 248 g/mol. The number of nitrogens with zero attached hydrogens (tertiary/aromatic N) is 1. The maximum atomic E-state index is 6.61. The Morgan fingerprint density at radius 2 is 1.85 bits per heavy atom. The number of para-hydroxylation sites is 1. The molecule has 1 saturated heterocycles. The van der Waals surface area contributed by atoms with Gasteiger partial charge < -0.3 is 10.5 Å². The van der Waals surface area contributed by atoms with Crippen molar-refractivity contribution in [1.82, 2.24) is 4.90 Å². The summed E-state index contributed by atoms with van der Waals surface area (Å²) in [5, 5.41) is 0. The van der Waals surface area contributed by atoms with Crippen molar-refractivity contribution in [1.29, 1.82) is 0 Å². The van der Waals surface area contributed by atoms with Crippen LogP contribution in [0.1, 0.15) is 51.6 Å². The minimum absolute atomic E-state index is 0.0386. The van der Waals surface area contributed by atoms with E-state index in [2.05, 4.69) is 24.8 Å². The van der Waals surface area contributed by atoms with Gasteiger partial charge in [-0.3, -0.25) is 4.90 Å². The van der Waals surface area contributed by atoms with Crippen molar-refractivity contribution in [3.8, 4) is 5.75 Å². The molecule has 0 amide bonds. The third-order valence-electron chi connectivity index (χ3n) is 4.49. The van der Waals surface area contributed by atoms with E-state index in [1.165, 1.54) is 19.3 Å². The van der Waals surface area contributed by atoms with Crippen LogP contribution in [0.5, 0.6) is 5.75 Å². The molecule has 0 radical (unpaired) electrons. The molecule has 3 heteroatoms. The van der Waals surface area contributed by atoms with Crippen LogP contribution < -0.4 is 10.5 Å². The third kappa shape index (κ3) is 3.15. The van der Waals surface area contributed by atoms with Crippen LogP contribution in [0.25, 0.3) is 0 Å². The van der Waals surface area contributed by atoms with Crippen LogP contribution in [0.4, 0.5) is 0 Å². The number of hydrogen-bond acceptors (Lipinski definition) is 3. The van der Waals surface area contributed by atoms with Gasteiger partial charge in [-0.2, -0.15) is 0 Å². The van der Waals surface area contributed by atoms with Gasteiger partial charge in [-0.05, 0) is 52.8 Å². The highest BCUT2D eigenvalue weighted by Crippen LogP contribution is 2.35. The van der Waals surface area contributed by atoms with Crippen molar-refractivity contribution in [2.24, 2.45) is 5.73 Å². The fraction of sp³-hybridized carbons (Fsp3) is 0.647. The number of likely N-dealkylation sites (tertiary alicyclic amines) is 1. The molecule has 0 saturated carbocycles. The van der Waals surface area contributed by atoms with Crippen molar-refractivity contribution in [2.75, 3.05) is 19.7 Å². The summed E-state index contributed by atoms with van der Waals surface area (Å²) >= 11 is 0. The van der Waals surface area contributed by atoms with Gasteiger partial charge in [-0.25, -0.2) is 0 Å². The summed E-state index contributed by atoms with van der Waals surface area (Å²) in [7, 11) is 0.